The van der Waals surface area contributed by atoms with E-state index in [0.29, 0.717) is 17.9 Å². The van der Waals surface area contributed by atoms with Gasteiger partial charge in [0.15, 0.2) is 0 Å². The lowest BCUT2D eigenvalue weighted by molar-refractivity contribution is 0.178. The number of hydrogen-bond acceptors (Lipinski definition) is 2. The molecule has 0 aromatic rings. The normalized spacial score (nSPS) is 33.9. The van der Waals surface area contributed by atoms with Crippen molar-refractivity contribution in [1.82, 2.24) is 5.32 Å². The molecule has 0 spiro atoms. The number of hydrogen-bond donors (Lipinski definition) is 2. The zero-order valence-corrected chi connectivity index (χ0v) is 12.4. The highest BCUT2D eigenvalue weighted by Crippen LogP contribution is 2.40. The average molecular weight is 262 g/mol. The molecular formula is C17H30N2. The van der Waals surface area contributed by atoms with Crippen molar-refractivity contribution in [2.24, 2.45) is 17.8 Å². The maximum Gasteiger partial charge on any atom is 0.0154 e. The van der Waals surface area contributed by atoms with Crippen molar-refractivity contribution in [2.75, 3.05) is 6.54 Å². The lowest BCUT2D eigenvalue weighted by Gasteiger charge is -2.42. The summed E-state index contributed by atoms with van der Waals surface area (Å²) in [6.45, 7) is 3.39. The molecule has 2 N–H and O–H groups in total. The molecule has 2 heteroatoms. The highest BCUT2D eigenvalue weighted by Gasteiger charge is 2.37. The molecule has 108 valence electrons. The lowest BCUT2D eigenvalue weighted by Crippen LogP contribution is -2.46. The minimum Gasteiger partial charge on any atom is -0.313 e. The summed E-state index contributed by atoms with van der Waals surface area (Å²) < 4.78 is 0. The molecule has 0 aromatic heterocycles. The molecule has 0 radical (unpaired) electrons. The van der Waals surface area contributed by atoms with E-state index in [9.17, 15) is 0 Å². The van der Waals surface area contributed by atoms with Crippen LogP contribution in [0.15, 0.2) is 12.2 Å². The molecule has 0 saturated heterocycles. The molecule has 4 atom stereocenters. The summed E-state index contributed by atoms with van der Waals surface area (Å²) in [6, 6.07) is 0.545. The van der Waals surface area contributed by atoms with E-state index >= 15 is 0 Å². The molecule has 0 aliphatic heterocycles. The lowest BCUT2D eigenvalue weighted by atomic mass is 9.66. The van der Waals surface area contributed by atoms with Crippen LogP contribution in [-0.2, 0) is 0 Å². The highest BCUT2D eigenvalue weighted by atomic mass is 14.9. The topological polar surface area (TPSA) is 35.9 Å². The van der Waals surface area contributed by atoms with Gasteiger partial charge in [0.05, 0.1) is 0 Å². The SMILES string of the molecule is CCCCCCNC1CCC2CCC=CC2C1C=N. The Hall–Kier alpha value is -0.630. The molecule has 0 amide bonds. The number of nitrogens with one attached hydrogen (secondary N) is 2. The maximum absolute atomic E-state index is 7.80. The third-order valence-corrected chi connectivity index (χ3v) is 4.99. The molecule has 2 aliphatic carbocycles. The molecule has 2 nitrogen and oxygen atoms in total. The Bertz CT molecular complexity index is 298. The summed E-state index contributed by atoms with van der Waals surface area (Å²) in [4.78, 5) is 0. The Balaban J connectivity index is 1.81. The summed E-state index contributed by atoms with van der Waals surface area (Å²) in [6.07, 6.45) is 17.0. The van der Waals surface area contributed by atoms with E-state index in [-0.39, 0.29) is 0 Å². The first kappa shape index (κ1) is 14.8. The first-order chi connectivity index (χ1) is 9.36. The van der Waals surface area contributed by atoms with Crippen LogP contribution >= 0.6 is 0 Å². The summed E-state index contributed by atoms with van der Waals surface area (Å²) in [5, 5.41) is 11.5. The van der Waals surface area contributed by atoms with Crippen LogP contribution < -0.4 is 5.32 Å². The number of unbranched alkanes of at least 4 members (excludes halogenated alkanes) is 3. The van der Waals surface area contributed by atoms with Gasteiger partial charge in [-0.05, 0) is 50.5 Å². The van der Waals surface area contributed by atoms with Gasteiger partial charge in [0.1, 0.15) is 0 Å². The van der Waals surface area contributed by atoms with Crippen molar-refractivity contribution >= 4 is 6.21 Å². The van der Waals surface area contributed by atoms with Crippen molar-refractivity contribution in [1.29, 1.82) is 5.41 Å². The number of fused-ring (bicyclic) bond motifs is 1. The number of rotatable bonds is 7. The van der Waals surface area contributed by atoms with Crippen molar-refractivity contribution in [3.05, 3.63) is 12.2 Å². The largest absolute Gasteiger partial charge is 0.313 e. The minimum atomic E-state index is 0.432. The molecule has 0 bridgehead atoms. The van der Waals surface area contributed by atoms with Gasteiger partial charge in [-0.15, -0.1) is 0 Å². The average Bonchev–Trinajstić information content (AvgIpc) is 2.46. The van der Waals surface area contributed by atoms with Gasteiger partial charge in [0.2, 0.25) is 0 Å². The van der Waals surface area contributed by atoms with Crippen molar-refractivity contribution in [3.8, 4) is 0 Å². The molecule has 2 rings (SSSR count). The van der Waals surface area contributed by atoms with Gasteiger partial charge < -0.3 is 10.7 Å². The summed E-state index contributed by atoms with van der Waals surface area (Å²) in [7, 11) is 0. The first-order valence-corrected chi connectivity index (χ1v) is 8.27. The van der Waals surface area contributed by atoms with Crippen LogP contribution in [0.25, 0.3) is 0 Å². The first-order valence-electron chi connectivity index (χ1n) is 8.27. The fourth-order valence-corrected chi connectivity index (χ4v) is 3.85. The Kier molecular flexibility index (Phi) is 6.09. The summed E-state index contributed by atoms with van der Waals surface area (Å²) >= 11 is 0. The van der Waals surface area contributed by atoms with Crippen LogP contribution in [0.5, 0.6) is 0 Å². The van der Waals surface area contributed by atoms with Gasteiger partial charge in [0.25, 0.3) is 0 Å². The molecule has 19 heavy (non-hydrogen) atoms. The Morgan fingerprint density at radius 2 is 2.11 bits per heavy atom. The van der Waals surface area contributed by atoms with Crippen LogP contribution in [0.3, 0.4) is 0 Å². The monoisotopic (exact) mass is 262 g/mol. The number of allylic oxidation sites excluding steroid dienone is 2. The summed E-state index contributed by atoms with van der Waals surface area (Å²) in [5.74, 6) is 1.91. The van der Waals surface area contributed by atoms with Crippen LogP contribution in [0.2, 0.25) is 0 Å². The molecule has 0 aromatic carbocycles. The second-order valence-electron chi connectivity index (χ2n) is 6.29. The molecule has 4 unspecified atom stereocenters. The second kappa shape index (κ2) is 7.84. The molecule has 2 aliphatic rings. The molecule has 1 saturated carbocycles. The van der Waals surface area contributed by atoms with Crippen molar-refractivity contribution in [2.45, 2.75) is 64.3 Å². The Morgan fingerprint density at radius 1 is 1.21 bits per heavy atom. The Morgan fingerprint density at radius 3 is 2.89 bits per heavy atom. The van der Waals surface area contributed by atoms with Gasteiger partial charge in [0, 0.05) is 18.2 Å². The van der Waals surface area contributed by atoms with E-state index in [2.05, 4.69) is 24.4 Å². The fourth-order valence-electron chi connectivity index (χ4n) is 3.85. The highest BCUT2D eigenvalue weighted by molar-refractivity contribution is 5.59. The zero-order valence-electron chi connectivity index (χ0n) is 12.4. The smallest absolute Gasteiger partial charge is 0.0154 e. The standard InChI is InChI=1S/C17H30N2/c1-2-3-4-7-12-19-17-11-10-14-8-5-6-9-15(14)16(17)13-18/h6,9,13-19H,2-5,7-8,10-12H2,1H3. The Labute approximate surface area is 118 Å². The van der Waals surface area contributed by atoms with Crippen LogP contribution in [-0.4, -0.2) is 18.8 Å². The maximum atomic E-state index is 7.80. The van der Waals surface area contributed by atoms with E-state index in [0.717, 1.165) is 12.5 Å². The van der Waals surface area contributed by atoms with E-state index in [4.69, 9.17) is 5.41 Å². The van der Waals surface area contributed by atoms with E-state index in [1.807, 2.05) is 0 Å². The van der Waals surface area contributed by atoms with Crippen LogP contribution in [0.4, 0.5) is 0 Å². The second-order valence-corrected chi connectivity index (χ2v) is 6.29. The minimum absolute atomic E-state index is 0.432. The predicted molar refractivity (Wildman–Crippen MR) is 82.8 cm³/mol. The van der Waals surface area contributed by atoms with Gasteiger partial charge in [-0.25, -0.2) is 0 Å². The summed E-state index contributed by atoms with van der Waals surface area (Å²) in [5.41, 5.74) is 0. The molecule has 0 heterocycles. The van der Waals surface area contributed by atoms with E-state index in [1.54, 1.807) is 6.21 Å². The third-order valence-electron chi connectivity index (χ3n) is 4.99. The van der Waals surface area contributed by atoms with Gasteiger partial charge >= 0.3 is 0 Å². The zero-order chi connectivity index (χ0) is 13.5. The molecule has 1 fully saturated rings. The van der Waals surface area contributed by atoms with Gasteiger partial charge in [-0.1, -0.05) is 38.3 Å². The van der Waals surface area contributed by atoms with E-state index in [1.165, 1.54) is 51.4 Å². The fraction of sp³-hybridized carbons (Fsp3) is 0.824. The van der Waals surface area contributed by atoms with Crippen molar-refractivity contribution < 1.29 is 0 Å². The third kappa shape index (κ3) is 3.92. The predicted octanol–water partition coefficient (Wildman–Crippen LogP) is 4.17. The van der Waals surface area contributed by atoms with Crippen LogP contribution in [0, 0.1) is 23.2 Å². The van der Waals surface area contributed by atoms with E-state index < -0.39 is 0 Å². The van der Waals surface area contributed by atoms with Gasteiger partial charge in [-0.2, -0.15) is 0 Å². The van der Waals surface area contributed by atoms with Gasteiger partial charge in [-0.3, -0.25) is 0 Å². The van der Waals surface area contributed by atoms with Crippen LogP contribution in [0.1, 0.15) is 58.3 Å². The van der Waals surface area contributed by atoms with Crippen molar-refractivity contribution in [3.63, 3.8) is 0 Å². The molecular weight excluding hydrogens is 232 g/mol. The quantitative estimate of drug-likeness (QED) is 0.403.